The van der Waals surface area contributed by atoms with Gasteiger partial charge < -0.3 is 24.6 Å². The summed E-state index contributed by atoms with van der Waals surface area (Å²) >= 11 is 0. The zero-order valence-electron chi connectivity index (χ0n) is 13.4. The summed E-state index contributed by atoms with van der Waals surface area (Å²) in [6, 6.07) is 0.972. The zero-order valence-corrected chi connectivity index (χ0v) is 13.4. The third-order valence-electron chi connectivity index (χ3n) is 2.99. The van der Waals surface area contributed by atoms with E-state index in [1.165, 1.54) is 21.1 Å². The lowest BCUT2D eigenvalue weighted by molar-refractivity contribution is -0.385. The summed E-state index contributed by atoms with van der Waals surface area (Å²) in [4.78, 5) is 33.4. The number of nitro benzene ring substituents is 1. The fraction of sp³-hybridized carbons (Fsp3) is 0.429. The number of carbonyl (C=O) groups is 2. The van der Waals surface area contributed by atoms with Crippen LogP contribution in [-0.2, 0) is 9.53 Å². The van der Waals surface area contributed by atoms with Crippen molar-refractivity contribution >= 4 is 17.6 Å². The lowest BCUT2D eigenvalue weighted by Gasteiger charge is -2.13. The molecule has 10 nitrogen and oxygen atoms in total. The molecule has 10 heteroatoms. The number of amides is 1. The van der Waals surface area contributed by atoms with Crippen LogP contribution in [0.5, 0.6) is 11.5 Å². The summed E-state index contributed by atoms with van der Waals surface area (Å²) in [5.74, 6) is -2.00. The lowest BCUT2D eigenvalue weighted by Crippen LogP contribution is -2.38. The van der Waals surface area contributed by atoms with Crippen molar-refractivity contribution in [3.05, 3.63) is 27.8 Å². The van der Waals surface area contributed by atoms with Crippen LogP contribution in [0.3, 0.4) is 0 Å². The Hall–Kier alpha value is -2.88. The van der Waals surface area contributed by atoms with E-state index in [9.17, 15) is 19.7 Å². The van der Waals surface area contributed by atoms with Gasteiger partial charge in [0.15, 0.2) is 11.5 Å². The highest BCUT2D eigenvalue weighted by Crippen LogP contribution is 2.34. The highest BCUT2D eigenvalue weighted by atomic mass is 16.6. The SMILES string of the molecule is COCCOc1cc([N+](=O)[O-])c(C(=O)NC(C)C(=O)O)cc1OC. The van der Waals surface area contributed by atoms with Crippen LogP contribution in [0.1, 0.15) is 17.3 Å². The number of benzene rings is 1. The number of nitrogens with zero attached hydrogens (tertiary/aromatic N) is 1. The van der Waals surface area contributed by atoms with E-state index in [0.29, 0.717) is 0 Å². The Morgan fingerprint density at radius 1 is 1.29 bits per heavy atom. The second-order valence-electron chi connectivity index (χ2n) is 4.65. The Balaban J connectivity index is 3.21. The van der Waals surface area contributed by atoms with Gasteiger partial charge in [-0.05, 0) is 6.92 Å². The van der Waals surface area contributed by atoms with Crippen LogP contribution in [-0.4, -0.2) is 55.4 Å². The fourth-order valence-corrected chi connectivity index (χ4v) is 1.73. The van der Waals surface area contributed by atoms with E-state index < -0.39 is 28.5 Å². The van der Waals surface area contributed by atoms with Gasteiger partial charge in [-0.25, -0.2) is 0 Å². The van der Waals surface area contributed by atoms with E-state index in [0.717, 1.165) is 12.1 Å². The van der Waals surface area contributed by atoms with Crippen LogP contribution in [0.15, 0.2) is 12.1 Å². The van der Waals surface area contributed by atoms with E-state index in [-0.39, 0.29) is 30.3 Å². The number of carboxylic acids is 1. The summed E-state index contributed by atoms with van der Waals surface area (Å²) in [5.41, 5.74) is -0.859. The minimum atomic E-state index is -1.27. The molecule has 0 aromatic heterocycles. The lowest BCUT2D eigenvalue weighted by atomic mass is 10.1. The number of nitro groups is 1. The molecule has 1 aromatic rings. The minimum absolute atomic E-state index is 0.0732. The van der Waals surface area contributed by atoms with Gasteiger partial charge in [0.25, 0.3) is 11.6 Å². The number of hydrogen-bond acceptors (Lipinski definition) is 7. The predicted molar refractivity (Wildman–Crippen MR) is 81.6 cm³/mol. The second-order valence-corrected chi connectivity index (χ2v) is 4.65. The second kappa shape index (κ2) is 8.67. The van der Waals surface area contributed by atoms with E-state index in [2.05, 4.69) is 5.32 Å². The molecule has 0 heterocycles. The molecule has 0 saturated heterocycles. The van der Waals surface area contributed by atoms with Gasteiger partial charge in [0.1, 0.15) is 18.2 Å². The van der Waals surface area contributed by atoms with Gasteiger partial charge in [-0.2, -0.15) is 0 Å². The van der Waals surface area contributed by atoms with Crippen molar-refractivity contribution < 1.29 is 33.8 Å². The number of nitrogens with one attached hydrogen (secondary N) is 1. The molecule has 0 radical (unpaired) electrons. The normalized spacial score (nSPS) is 11.5. The average Bonchev–Trinajstić information content (AvgIpc) is 2.54. The Morgan fingerprint density at radius 2 is 1.96 bits per heavy atom. The third-order valence-corrected chi connectivity index (χ3v) is 2.99. The van der Waals surface area contributed by atoms with E-state index in [1.807, 2.05) is 0 Å². The first-order valence-electron chi connectivity index (χ1n) is 6.83. The molecule has 1 aromatic carbocycles. The van der Waals surface area contributed by atoms with Gasteiger partial charge in [-0.15, -0.1) is 0 Å². The van der Waals surface area contributed by atoms with Crippen molar-refractivity contribution in [3.8, 4) is 11.5 Å². The fourth-order valence-electron chi connectivity index (χ4n) is 1.73. The van der Waals surface area contributed by atoms with Crippen molar-refractivity contribution in [2.24, 2.45) is 0 Å². The van der Waals surface area contributed by atoms with Crippen LogP contribution < -0.4 is 14.8 Å². The molecule has 24 heavy (non-hydrogen) atoms. The molecule has 1 rings (SSSR count). The first-order chi connectivity index (χ1) is 11.3. The van der Waals surface area contributed by atoms with Gasteiger partial charge in [-0.3, -0.25) is 19.7 Å². The van der Waals surface area contributed by atoms with Crippen molar-refractivity contribution in [2.45, 2.75) is 13.0 Å². The van der Waals surface area contributed by atoms with Crippen LogP contribution >= 0.6 is 0 Å². The van der Waals surface area contributed by atoms with Crippen molar-refractivity contribution in [1.82, 2.24) is 5.32 Å². The molecule has 0 spiro atoms. The molecule has 0 fully saturated rings. The maximum absolute atomic E-state index is 12.1. The first kappa shape index (κ1) is 19.2. The Kier molecular flexibility index (Phi) is 6.93. The number of hydrogen-bond donors (Lipinski definition) is 2. The molecule has 132 valence electrons. The number of ether oxygens (including phenoxy) is 3. The van der Waals surface area contributed by atoms with Crippen molar-refractivity contribution in [1.29, 1.82) is 0 Å². The number of aliphatic carboxylic acids is 1. The summed E-state index contributed by atoms with van der Waals surface area (Å²) < 4.78 is 15.2. The van der Waals surface area contributed by atoms with Crippen molar-refractivity contribution in [3.63, 3.8) is 0 Å². The van der Waals surface area contributed by atoms with Crippen LogP contribution in [0.25, 0.3) is 0 Å². The predicted octanol–water partition coefficient (Wildman–Crippen LogP) is 0.831. The highest BCUT2D eigenvalue weighted by molar-refractivity contribution is 6.00. The largest absolute Gasteiger partial charge is 0.493 e. The number of carboxylic acid groups (broad SMARTS) is 1. The highest BCUT2D eigenvalue weighted by Gasteiger charge is 2.26. The van der Waals surface area contributed by atoms with Crippen molar-refractivity contribution in [2.75, 3.05) is 27.4 Å². The average molecular weight is 342 g/mol. The monoisotopic (exact) mass is 342 g/mol. The van der Waals surface area contributed by atoms with Crippen LogP contribution in [0, 0.1) is 10.1 Å². The number of carbonyl (C=O) groups excluding carboxylic acids is 1. The molecule has 0 aliphatic rings. The maximum atomic E-state index is 12.1. The molecule has 0 aliphatic carbocycles. The molecular weight excluding hydrogens is 324 g/mol. The van der Waals surface area contributed by atoms with E-state index >= 15 is 0 Å². The maximum Gasteiger partial charge on any atom is 0.325 e. The summed E-state index contributed by atoms with van der Waals surface area (Å²) in [6.45, 7) is 1.63. The van der Waals surface area contributed by atoms with E-state index in [4.69, 9.17) is 19.3 Å². The first-order valence-corrected chi connectivity index (χ1v) is 6.83. The Bertz CT molecular complexity index is 631. The minimum Gasteiger partial charge on any atom is -0.493 e. The van der Waals surface area contributed by atoms with Gasteiger partial charge in [-0.1, -0.05) is 0 Å². The third kappa shape index (κ3) is 4.81. The standard InChI is InChI=1S/C14H18N2O8/c1-8(14(18)19)15-13(17)9-6-11(23-3)12(24-5-4-22-2)7-10(9)16(20)21/h6-8H,4-5H2,1-3H3,(H,15,17)(H,18,19). The molecular formula is C14H18N2O8. The smallest absolute Gasteiger partial charge is 0.325 e. The molecule has 1 atom stereocenters. The molecule has 1 amide bonds. The summed E-state index contributed by atoms with van der Waals surface area (Å²) in [6.07, 6.45) is 0. The quantitative estimate of drug-likeness (QED) is 0.382. The van der Waals surface area contributed by atoms with Gasteiger partial charge in [0.05, 0.1) is 24.7 Å². The zero-order chi connectivity index (χ0) is 18.3. The molecule has 0 bridgehead atoms. The van der Waals surface area contributed by atoms with Crippen LogP contribution in [0.4, 0.5) is 5.69 Å². The Labute approximate surface area is 137 Å². The number of methoxy groups -OCH3 is 2. The Morgan fingerprint density at radius 3 is 2.46 bits per heavy atom. The van der Waals surface area contributed by atoms with Gasteiger partial charge in [0.2, 0.25) is 0 Å². The molecule has 2 N–H and O–H groups in total. The molecule has 0 saturated carbocycles. The van der Waals surface area contributed by atoms with Crippen LogP contribution in [0.2, 0.25) is 0 Å². The molecule has 0 aliphatic heterocycles. The number of rotatable bonds is 9. The van der Waals surface area contributed by atoms with Gasteiger partial charge in [0, 0.05) is 13.2 Å². The summed E-state index contributed by atoms with van der Waals surface area (Å²) in [5, 5.41) is 22.2. The topological polar surface area (TPSA) is 137 Å². The summed E-state index contributed by atoms with van der Waals surface area (Å²) in [7, 11) is 2.78. The molecule has 1 unspecified atom stereocenters. The van der Waals surface area contributed by atoms with Gasteiger partial charge >= 0.3 is 5.97 Å². The van der Waals surface area contributed by atoms with E-state index in [1.54, 1.807) is 0 Å².